The number of ketones is 1. The minimum atomic E-state index is -3.34. The lowest BCUT2D eigenvalue weighted by atomic mass is 10.0. The maximum absolute atomic E-state index is 12.9. The van der Waals surface area contributed by atoms with Crippen molar-refractivity contribution >= 4 is 43.1 Å². The van der Waals surface area contributed by atoms with Crippen molar-refractivity contribution < 1.29 is 18.0 Å². The summed E-state index contributed by atoms with van der Waals surface area (Å²) in [5.41, 5.74) is 1.51. The second-order valence-electron chi connectivity index (χ2n) is 6.14. The summed E-state index contributed by atoms with van der Waals surface area (Å²) >= 11 is 3.35. The number of rotatable bonds is 5. The molecule has 3 aromatic carbocycles. The molecular weight excluding hydrogens is 442 g/mol. The van der Waals surface area contributed by atoms with Gasteiger partial charge in [0.2, 0.25) is 0 Å². The van der Waals surface area contributed by atoms with Crippen LogP contribution < -0.4 is 5.32 Å². The summed E-state index contributed by atoms with van der Waals surface area (Å²) in [7, 11) is -3.34. The number of carbonyl (C=O) groups excluding carboxylic acids is 2. The maximum Gasteiger partial charge on any atom is 0.255 e. The smallest absolute Gasteiger partial charge is 0.255 e. The van der Waals surface area contributed by atoms with Gasteiger partial charge in [-0.1, -0.05) is 46.3 Å². The fourth-order valence-corrected chi connectivity index (χ4v) is 3.60. The Balaban J connectivity index is 1.90. The van der Waals surface area contributed by atoms with E-state index >= 15 is 0 Å². The lowest BCUT2D eigenvalue weighted by Crippen LogP contribution is -2.15. The van der Waals surface area contributed by atoms with Gasteiger partial charge in [-0.05, 0) is 42.5 Å². The molecule has 0 heterocycles. The van der Waals surface area contributed by atoms with E-state index in [1.54, 1.807) is 42.5 Å². The van der Waals surface area contributed by atoms with Gasteiger partial charge in [0, 0.05) is 27.4 Å². The minimum absolute atomic E-state index is 0.132. The van der Waals surface area contributed by atoms with Gasteiger partial charge in [-0.2, -0.15) is 0 Å². The number of amides is 1. The van der Waals surface area contributed by atoms with Crippen LogP contribution in [0.1, 0.15) is 26.3 Å². The largest absolute Gasteiger partial charge is 0.321 e. The highest BCUT2D eigenvalue weighted by Gasteiger charge is 2.17. The first-order valence-corrected chi connectivity index (χ1v) is 10.9. The molecule has 0 bridgehead atoms. The first kappa shape index (κ1) is 20.0. The molecule has 0 fully saturated rings. The molecule has 0 spiro atoms. The molecule has 0 aliphatic heterocycles. The Morgan fingerprint density at radius 3 is 2.11 bits per heavy atom. The summed E-state index contributed by atoms with van der Waals surface area (Å²) in [5.74, 6) is -0.658. The summed E-state index contributed by atoms with van der Waals surface area (Å²) in [6.07, 6.45) is 1.10. The van der Waals surface area contributed by atoms with Gasteiger partial charge in [0.15, 0.2) is 15.6 Å². The molecular formula is C21H16BrNO4S. The predicted molar refractivity (Wildman–Crippen MR) is 112 cm³/mol. The molecule has 1 N–H and O–H groups in total. The van der Waals surface area contributed by atoms with Gasteiger partial charge in [0.05, 0.1) is 10.6 Å². The second-order valence-corrected chi connectivity index (χ2v) is 9.07. The van der Waals surface area contributed by atoms with Crippen molar-refractivity contribution in [3.8, 4) is 0 Å². The predicted octanol–water partition coefficient (Wildman–Crippen LogP) is 4.34. The van der Waals surface area contributed by atoms with Crippen LogP contribution >= 0.6 is 15.9 Å². The van der Waals surface area contributed by atoms with Gasteiger partial charge in [-0.15, -0.1) is 0 Å². The number of nitrogens with one attached hydrogen (secondary N) is 1. The molecule has 0 radical (unpaired) electrons. The molecule has 0 saturated carbocycles. The molecule has 0 saturated heterocycles. The molecule has 7 heteroatoms. The number of carbonyl (C=O) groups is 2. The van der Waals surface area contributed by atoms with E-state index in [9.17, 15) is 18.0 Å². The SMILES string of the molecule is CS(=O)(=O)c1ccc(C(=O)Nc2ccc(Br)cc2C(=O)c2ccccc2)cc1. The molecule has 3 rings (SSSR count). The molecule has 0 aliphatic carbocycles. The third-order valence-electron chi connectivity index (χ3n) is 4.06. The van der Waals surface area contributed by atoms with Gasteiger partial charge < -0.3 is 5.32 Å². The number of anilines is 1. The van der Waals surface area contributed by atoms with Crippen molar-refractivity contribution in [1.29, 1.82) is 0 Å². The summed E-state index contributed by atoms with van der Waals surface area (Å²) in [4.78, 5) is 25.6. The van der Waals surface area contributed by atoms with Gasteiger partial charge >= 0.3 is 0 Å². The average Bonchev–Trinajstić information content (AvgIpc) is 2.69. The zero-order valence-corrected chi connectivity index (χ0v) is 17.2. The summed E-state index contributed by atoms with van der Waals surface area (Å²) in [5, 5.41) is 2.73. The van der Waals surface area contributed by atoms with E-state index in [1.807, 2.05) is 6.07 Å². The summed E-state index contributed by atoms with van der Waals surface area (Å²) in [6.45, 7) is 0. The molecule has 0 unspecified atom stereocenters. The lowest BCUT2D eigenvalue weighted by Gasteiger charge is -2.12. The highest BCUT2D eigenvalue weighted by Crippen LogP contribution is 2.25. The quantitative estimate of drug-likeness (QED) is 0.577. The van der Waals surface area contributed by atoms with E-state index in [2.05, 4.69) is 21.2 Å². The normalized spacial score (nSPS) is 11.1. The Kier molecular flexibility index (Phi) is 5.76. The van der Waals surface area contributed by atoms with Crippen molar-refractivity contribution in [3.63, 3.8) is 0 Å². The summed E-state index contributed by atoms with van der Waals surface area (Å²) < 4.78 is 23.8. The fraction of sp³-hybridized carbons (Fsp3) is 0.0476. The number of benzene rings is 3. The average molecular weight is 458 g/mol. The first-order chi connectivity index (χ1) is 13.3. The molecule has 28 heavy (non-hydrogen) atoms. The fourth-order valence-electron chi connectivity index (χ4n) is 2.61. The Morgan fingerprint density at radius 2 is 1.50 bits per heavy atom. The number of hydrogen-bond acceptors (Lipinski definition) is 4. The second kappa shape index (κ2) is 8.08. The van der Waals surface area contributed by atoms with Gasteiger partial charge in [-0.3, -0.25) is 9.59 Å². The molecule has 5 nitrogen and oxygen atoms in total. The van der Waals surface area contributed by atoms with Gasteiger partial charge in [0.1, 0.15) is 0 Å². The third kappa shape index (κ3) is 4.55. The van der Waals surface area contributed by atoms with Crippen LogP contribution in [0, 0.1) is 0 Å². The van der Waals surface area contributed by atoms with Crippen LogP contribution in [-0.2, 0) is 9.84 Å². The van der Waals surface area contributed by atoms with Crippen molar-refractivity contribution in [2.45, 2.75) is 4.90 Å². The van der Waals surface area contributed by atoms with Crippen molar-refractivity contribution in [1.82, 2.24) is 0 Å². The Bertz CT molecular complexity index is 1140. The monoisotopic (exact) mass is 457 g/mol. The zero-order chi connectivity index (χ0) is 20.3. The Morgan fingerprint density at radius 1 is 0.857 bits per heavy atom. The lowest BCUT2D eigenvalue weighted by molar-refractivity contribution is 0.102. The topological polar surface area (TPSA) is 80.3 Å². The molecule has 1 amide bonds. The Hall–Kier alpha value is -2.77. The van der Waals surface area contributed by atoms with E-state index in [-0.39, 0.29) is 16.2 Å². The van der Waals surface area contributed by atoms with E-state index in [4.69, 9.17) is 0 Å². The van der Waals surface area contributed by atoms with E-state index in [0.717, 1.165) is 6.26 Å². The minimum Gasteiger partial charge on any atom is -0.321 e. The number of sulfone groups is 1. The van der Waals surface area contributed by atoms with Crippen LogP contribution in [-0.4, -0.2) is 26.4 Å². The highest BCUT2D eigenvalue weighted by molar-refractivity contribution is 9.10. The number of halogens is 1. The summed E-state index contributed by atoms with van der Waals surface area (Å²) in [6, 6.07) is 19.4. The first-order valence-electron chi connectivity index (χ1n) is 8.26. The number of hydrogen-bond donors (Lipinski definition) is 1. The molecule has 142 valence electrons. The molecule has 3 aromatic rings. The van der Waals surface area contributed by atoms with Crippen molar-refractivity contribution in [2.24, 2.45) is 0 Å². The molecule has 0 atom stereocenters. The Labute approximate surface area is 171 Å². The molecule has 0 aromatic heterocycles. The van der Waals surface area contributed by atoms with Crippen LogP contribution in [0.3, 0.4) is 0 Å². The third-order valence-corrected chi connectivity index (χ3v) is 5.68. The van der Waals surface area contributed by atoms with Crippen LogP contribution in [0.4, 0.5) is 5.69 Å². The van der Waals surface area contributed by atoms with E-state index in [0.29, 0.717) is 21.3 Å². The highest BCUT2D eigenvalue weighted by atomic mass is 79.9. The van der Waals surface area contributed by atoms with Crippen LogP contribution in [0.15, 0.2) is 82.2 Å². The zero-order valence-electron chi connectivity index (χ0n) is 14.8. The van der Waals surface area contributed by atoms with Crippen LogP contribution in [0.25, 0.3) is 0 Å². The maximum atomic E-state index is 12.9. The van der Waals surface area contributed by atoms with Crippen LogP contribution in [0.2, 0.25) is 0 Å². The van der Waals surface area contributed by atoms with E-state index < -0.39 is 15.7 Å². The van der Waals surface area contributed by atoms with Gasteiger partial charge in [0.25, 0.3) is 5.91 Å². The van der Waals surface area contributed by atoms with Crippen molar-refractivity contribution in [3.05, 3.63) is 94.0 Å². The van der Waals surface area contributed by atoms with Gasteiger partial charge in [-0.25, -0.2) is 8.42 Å². The van der Waals surface area contributed by atoms with E-state index in [1.165, 1.54) is 24.3 Å². The van der Waals surface area contributed by atoms with Crippen LogP contribution in [0.5, 0.6) is 0 Å². The molecule has 0 aliphatic rings. The van der Waals surface area contributed by atoms with Crippen molar-refractivity contribution in [2.75, 3.05) is 11.6 Å². The standard InChI is InChI=1S/C21H16BrNO4S/c1-28(26,27)17-10-7-15(8-11-17)21(25)23-19-12-9-16(22)13-18(19)20(24)14-5-3-2-4-6-14/h2-13H,1H3,(H,23,25).